The average molecular weight is 295 g/mol. The molecule has 21 heavy (non-hydrogen) atoms. The van der Waals surface area contributed by atoms with E-state index >= 15 is 0 Å². The number of methoxy groups -OCH3 is 1. The van der Waals surface area contributed by atoms with Gasteiger partial charge in [0.1, 0.15) is 11.9 Å². The molecule has 4 nitrogen and oxygen atoms in total. The number of benzene rings is 1. The summed E-state index contributed by atoms with van der Waals surface area (Å²) < 4.78 is 17.5. The van der Waals surface area contributed by atoms with Crippen LogP contribution in [-0.2, 0) is 20.7 Å². The van der Waals surface area contributed by atoms with Gasteiger partial charge in [-0.2, -0.15) is 0 Å². The molecule has 1 rings (SSSR count). The normalized spacial score (nSPS) is 12.0. The Hall–Kier alpha value is -1.91. The minimum absolute atomic E-state index is 0.213. The third kappa shape index (κ3) is 6.38. The molecule has 0 aliphatic rings. The molecule has 0 heterocycles. The molecule has 0 radical (unpaired) electrons. The average Bonchev–Trinajstić information content (AvgIpc) is 2.44. The molecule has 1 unspecified atom stereocenters. The molecule has 0 saturated heterocycles. The van der Waals surface area contributed by atoms with Gasteiger partial charge in [-0.1, -0.05) is 26.0 Å². The van der Waals surface area contributed by atoms with E-state index in [1.165, 1.54) is 19.2 Å². The van der Waals surface area contributed by atoms with Crippen LogP contribution in [0.25, 0.3) is 0 Å². The first-order valence-corrected chi connectivity index (χ1v) is 7.04. The second-order valence-corrected chi connectivity index (χ2v) is 5.40. The van der Waals surface area contributed by atoms with Crippen molar-refractivity contribution < 1.29 is 18.7 Å². The number of halogens is 1. The molecule has 0 fully saturated rings. The van der Waals surface area contributed by atoms with Crippen LogP contribution in [0.2, 0.25) is 0 Å². The van der Waals surface area contributed by atoms with Gasteiger partial charge in [0.15, 0.2) is 0 Å². The number of rotatable bonds is 7. The monoisotopic (exact) mass is 295 g/mol. The number of ether oxygens (including phenoxy) is 1. The van der Waals surface area contributed by atoms with Crippen molar-refractivity contribution >= 4 is 11.9 Å². The molecule has 0 aromatic heterocycles. The van der Waals surface area contributed by atoms with Gasteiger partial charge in [0.05, 0.1) is 7.11 Å². The highest BCUT2D eigenvalue weighted by atomic mass is 19.1. The van der Waals surface area contributed by atoms with E-state index in [2.05, 4.69) is 5.32 Å². The summed E-state index contributed by atoms with van der Waals surface area (Å²) in [6, 6.07) is 5.41. The molecule has 1 amide bonds. The Morgan fingerprint density at radius 2 is 1.86 bits per heavy atom. The molecule has 5 heteroatoms. The summed E-state index contributed by atoms with van der Waals surface area (Å²) in [5.41, 5.74) is 0.880. The first-order valence-electron chi connectivity index (χ1n) is 7.04. The quantitative estimate of drug-likeness (QED) is 0.786. The van der Waals surface area contributed by atoms with Crippen LogP contribution in [0.1, 0.15) is 32.3 Å². The second-order valence-electron chi connectivity index (χ2n) is 5.40. The van der Waals surface area contributed by atoms with Crippen LogP contribution in [0.5, 0.6) is 0 Å². The summed E-state index contributed by atoms with van der Waals surface area (Å²) in [7, 11) is 1.31. The van der Waals surface area contributed by atoms with E-state index in [0.717, 1.165) is 5.56 Å². The van der Waals surface area contributed by atoms with Crippen molar-refractivity contribution in [2.75, 3.05) is 7.11 Å². The number of amides is 1. The summed E-state index contributed by atoms with van der Waals surface area (Å²) >= 11 is 0. The summed E-state index contributed by atoms with van der Waals surface area (Å²) in [5, 5.41) is 2.69. The lowest BCUT2D eigenvalue weighted by atomic mass is 10.0. The molecule has 116 valence electrons. The van der Waals surface area contributed by atoms with E-state index in [0.29, 0.717) is 12.8 Å². The number of carbonyl (C=O) groups is 2. The number of hydrogen-bond acceptors (Lipinski definition) is 3. The van der Waals surface area contributed by atoms with Crippen molar-refractivity contribution in [3.8, 4) is 0 Å². The van der Waals surface area contributed by atoms with Gasteiger partial charge in [-0.05, 0) is 36.5 Å². The SMILES string of the molecule is COC(=O)C(CC(C)C)NC(=O)CCc1ccc(F)cc1. The van der Waals surface area contributed by atoms with Crippen LogP contribution < -0.4 is 5.32 Å². The molecule has 0 spiro atoms. The van der Waals surface area contributed by atoms with Gasteiger partial charge < -0.3 is 10.1 Å². The van der Waals surface area contributed by atoms with Crippen LogP contribution in [-0.4, -0.2) is 25.0 Å². The molecule has 0 saturated carbocycles. The number of nitrogens with one attached hydrogen (secondary N) is 1. The highest BCUT2D eigenvalue weighted by Crippen LogP contribution is 2.08. The van der Waals surface area contributed by atoms with Crippen molar-refractivity contribution in [2.45, 2.75) is 39.2 Å². The van der Waals surface area contributed by atoms with Gasteiger partial charge >= 0.3 is 5.97 Å². The minimum atomic E-state index is -0.615. The van der Waals surface area contributed by atoms with Crippen LogP contribution in [0.4, 0.5) is 4.39 Å². The maximum atomic E-state index is 12.8. The zero-order valence-electron chi connectivity index (χ0n) is 12.7. The highest BCUT2D eigenvalue weighted by molar-refractivity contribution is 5.84. The van der Waals surface area contributed by atoms with Crippen molar-refractivity contribution in [1.29, 1.82) is 0 Å². The topological polar surface area (TPSA) is 55.4 Å². The fourth-order valence-corrected chi connectivity index (χ4v) is 2.00. The number of hydrogen-bond donors (Lipinski definition) is 1. The van der Waals surface area contributed by atoms with Crippen LogP contribution in [0.3, 0.4) is 0 Å². The maximum Gasteiger partial charge on any atom is 0.328 e. The Labute approximate surface area is 124 Å². The smallest absolute Gasteiger partial charge is 0.328 e. The van der Waals surface area contributed by atoms with Crippen LogP contribution in [0, 0.1) is 11.7 Å². The van der Waals surface area contributed by atoms with Crippen LogP contribution in [0.15, 0.2) is 24.3 Å². The van der Waals surface area contributed by atoms with Gasteiger partial charge in [0.25, 0.3) is 0 Å². The van der Waals surface area contributed by atoms with Crippen molar-refractivity contribution in [1.82, 2.24) is 5.32 Å². The second kappa shape index (κ2) is 8.39. The van der Waals surface area contributed by atoms with Crippen molar-refractivity contribution in [3.63, 3.8) is 0 Å². The zero-order valence-corrected chi connectivity index (χ0v) is 12.7. The predicted molar refractivity (Wildman–Crippen MR) is 78.1 cm³/mol. The maximum absolute atomic E-state index is 12.8. The standard InChI is InChI=1S/C16H22FNO3/c1-11(2)10-14(16(20)21-3)18-15(19)9-6-12-4-7-13(17)8-5-12/h4-5,7-8,11,14H,6,9-10H2,1-3H3,(H,18,19). The van der Waals surface area contributed by atoms with E-state index in [9.17, 15) is 14.0 Å². The highest BCUT2D eigenvalue weighted by Gasteiger charge is 2.22. The molecule has 1 N–H and O–H groups in total. The van der Waals surface area contributed by atoms with Gasteiger partial charge in [0, 0.05) is 6.42 Å². The van der Waals surface area contributed by atoms with Gasteiger partial charge in [-0.3, -0.25) is 4.79 Å². The predicted octanol–water partition coefficient (Wildman–Crippen LogP) is 2.46. The number of esters is 1. The molecule has 0 aliphatic carbocycles. The molecular weight excluding hydrogens is 273 g/mol. The molecule has 1 aromatic rings. The molecule has 1 aromatic carbocycles. The third-order valence-electron chi connectivity index (χ3n) is 3.08. The zero-order chi connectivity index (χ0) is 15.8. The summed E-state index contributed by atoms with van der Waals surface area (Å²) in [6.07, 6.45) is 1.29. The largest absolute Gasteiger partial charge is 0.467 e. The fraction of sp³-hybridized carbons (Fsp3) is 0.500. The van der Waals surface area contributed by atoms with Crippen molar-refractivity contribution in [3.05, 3.63) is 35.6 Å². The van der Waals surface area contributed by atoms with Gasteiger partial charge in [-0.25, -0.2) is 9.18 Å². The molecule has 1 atom stereocenters. The first-order chi connectivity index (χ1) is 9.92. The third-order valence-corrected chi connectivity index (χ3v) is 3.08. The van der Waals surface area contributed by atoms with E-state index in [1.54, 1.807) is 12.1 Å². The minimum Gasteiger partial charge on any atom is -0.467 e. The van der Waals surface area contributed by atoms with Gasteiger partial charge in [-0.15, -0.1) is 0 Å². The van der Waals surface area contributed by atoms with E-state index < -0.39 is 12.0 Å². The van der Waals surface area contributed by atoms with E-state index in [-0.39, 0.29) is 24.1 Å². The molecule has 0 bridgehead atoms. The molecule has 0 aliphatic heterocycles. The molecular formula is C16H22FNO3. The van der Waals surface area contributed by atoms with E-state index in [1.807, 2.05) is 13.8 Å². The fourth-order valence-electron chi connectivity index (χ4n) is 2.00. The summed E-state index contributed by atoms with van der Waals surface area (Å²) in [6.45, 7) is 3.95. The lowest BCUT2D eigenvalue weighted by Gasteiger charge is -2.18. The van der Waals surface area contributed by atoms with Crippen LogP contribution >= 0.6 is 0 Å². The van der Waals surface area contributed by atoms with Gasteiger partial charge in [0.2, 0.25) is 5.91 Å². The summed E-state index contributed by atoms with van der Waals surface area (Å²) in [4.78, 5) is 23.5. The number of carbonyl (C=O) groups excluding carboxylic acids is 2. The van der Waals surface area contributed by atoms with Crippen molar-refractivity contribution in [2.24, 2.45) is 5.92 Å². The Morgan fingerprint density at radius 3 is 2.38 bits per heavy atom. The summed E-state index contributed by atoms with van der Waals surface area (Å²) in [5.74, 6) is -0.674. The number of aryl methyl sites for hydroxylation is 1. The lowest BCUT2D eigenvalue weighted by Crippen LogP contribution is -2.42. The Bertz CT molecular complexity index is 471. The Kier molecular flexibility index (Phi) is 6.85. The van der Waals surface area contributed by atoms with E-state index in [4.69, 9.17) is 4.74 Å². The lowest BCUT2D eigenvalue weighted by molar-refractivity contribution is -0.145. The Morgan fingerprint density at radius 1 is 1.24 bits per heavy atom. The first kappa shape index (κ1) is 17.1. The Balaban J connectivity index is 2.49.